The maximum Gasteiger partial charge on any atom is 0.341 e. The van der Waals surface area contributed by atoms with Gasteiger partial charge < -0.3 is 15.3 Å². The zero-order chi connectivity index (χ0) is 13.4. The predicted octanol–water partition coefficient (Wildman–Crippen LogP) is -0.249. The molecule has 1 fully saturated rings. The first-order valence-electron chi connectivity index (χ1n) is 5.74. The Labute approximate surface area is 104 Å². The largest absolute Gasteiger partial charge is 0.477 e. The van der Waals surface area contributed by atoms with Gasteiger partial charge in [0.1, 0.15) is 17.4 Å². The molecule has 18 heavy (non-hydrogen) atoms. The van der Waals surface area contributed by atoms with Crippen molar-refractivity contribution < 1.29 is 14.7 Å². The van der Waals surface area contributed by atoms with Crippen LogP contribution in [0.4, 0.5) is 5.82 Å². The third-order valence-corrected chi connectivity index (χ3v) is 3.18. The van der Waals surface area contributed by atoms with E-state index < -0.39 is 12.0 Å². The third kappa shape index (κ3) is 1.81. The highest BCUT2D eigenvalue weighted by Crippen LogP contribution is 2.25. The number of aromatic nitrogens is 2. The van der Waals surface area contributed by atoms with E-state index >= 15 is 0 Å². The normalized spacial score (nSPS) is 19.8. The quantitative estimate of drug-likeness (QED) is 0.758. The number of aryl methyl sites for hydroxylation is 2. The zero-order valence-electron chi connectivity index (χ0n) is 10.6. The Kier molecular flexibility index (Phi) is 2.98. The maximum atomic E-state index is 11.6. The second-order valence-corrected chi connectivity index (χ2v) is 4.37. The number of rotatable bonds is 2. The molecule has 1 amide bonds. The molecule has 1 atom stereocenters. The van der Waals surface area contributed by atoms with Gasteiger partial charge in [0.2, 0.25) is 5.91 Å². The molecule has 1 aliphatic heterocycles. The molecule has 0 spiro atoms. The molecule has 1 aliphatic rings. The summed E-state index contributed by atoms with van der Waals surface area (Å²) in [4.78, 5) is 24.7. The number of piperazine rings is 1. The van der Waals surface area contributed by atoms with E-state index in [2.05, 4.69) is 10.4 Å². The first-order chi connectivity index (χ1) is 8.43. The van der Waals surface area contributed by atoms with Crippen LogP contribution in [0.5, 0.6) is 0 Å². The van der Waals surface area contributed by atoms with Crippen LogP contribution in [-0.2, 0) is 11.8 Å². The van der Waals surface area contributed by atoms with Gasteiger partial charge in [-0.15, -0.1) is 0 Å². The van der Waals surface area contributed by atoms with E-state index in [9.17, 15) is 14.7 Å². The smallest absolute Gasteiger partial charge is 0.341 e. The van der Waals surface area contributed by atoms with E-state index in [0.29, 0.717) is 24.6 Å². The summed E-state index contributed by atoms with van der Waals surface area (Å²) >= 11 is 0. The van der Waals surface area contributed by atoms with Crippen molar-refractivity contribution in [1.29, 1.82) is 0 Å². The summed E-state index contributed by atoms with van der Waals surface area (Å²) < 4.78 is 1.52. The van der Waals surface area contributed by atoms with Crippen LogP contribution < -0.4 is 10.2 Å². The van der Waals surface area contributed by atoms with E-state index in [-0.39, 0.29) is 11.5 Å². The van der Waals surface area contributed by atoms with Gasteiger partial charge in [-0.1, -0.05) is 0 Å². The van der Waals surface area contributed by atoms with Crippen molar-refractivity contribution in [1.82, 2.24) is 15.1 Å². The molecule has 0 radical (unpaired) electrons. The topological polar surface area (TPSA) is 87.5 Å². The third-order valence-electron chi connectivity index (χ3n) is 3.18. The van der Waals surface area contributed by atoms with Gasteiger partial charge in [-0.3, -0.25) is 9.48 Å². The molecule has 0 aromatic carbocycles. The number of carboxylic acids is 1. The van der Waals surface area contributed by atoms with Crippen molar-refractivity contribution in [2.45, 2.75) is 19.9 Å². The number of carboxylic acid groups (broad SMARTS) is 1. The standard InChI is InChI=1S/C11H16N4O3/c1-6-8(11(17)18)10(14(3)13-6)15-5-4-12-9(16)7(15)2/h7H,4-5H2,1-3H3,(H,12,16)(H,17,18). The highest BCUT2D eigenvalue weighted by molar-refractivity contribution is 5.96. The first kappa shape index (κ1) is 12.4. The Balaban J connectivity index is 2.50. The lowest BCUT2D eigenvalue weighted by Crippen LogP contribution is -2.54. The Hall–Kier alpha value is -2.05. The van der Waals surface area contributed by atoms with Crippen molar-refractivity contribution in [2.24, 2.45) is 7.05 Å². The molecular formula is C11H16N4O3. The maximum absolute atomic E-state index is 11.6. The van der Waals surface area contributed by atoms with Crippen LogP contribution in [0.15, 0.2) is 0 Å². The van der Waals surface area contributed by atoms with Crippen molar-refractivity contribution in [2.75, 3.05) is 18.0 Å². The van der Waals surface area contributed by atoms with Crippen molar-refractivity contribution in [3.05, 3.63) is 11.3 Å². The summed E-state index contributed by atoms with van der Waals surface area (Å²) in [6, 6.07) is -0.397. The van der Waals surface area contributed by atoms with Crippen LogP contribution in [-0.4, -0.2) is 45.9 Å². The fourth-order valence-corrected chi connectivity index (χ4v) is 2.30. The molecular weight excluding hydrogens is 236 g/mol. The van der Waals surface area contributed by atoms with Crippen LogP contribution in [0.25, 0.3) is 0 Å². The Morgan fingerprint density at radius 2 is 2.22 bits per heavy atom. The van der Waals surface area contributed by atoms with Crippen molar-refractivity contribution in [3.8, 4) is 0 Å². The molecule has 1 aromatic rings. The average molecular weight is 252 g/mol. The number of amides is 1. The molecule has 1 unspecified atom stereocenters. The zero-order valence-corrected chi connectivity index (χ0v) is 10.6. The lowest BCUT2D eigenvalue weighted by atomic mass is 10.1. The van der Waals surface area contributed by atoms with Gasteiger partial charge in [0.15, 0.2) is 0 Å². The first-order valence-corrected chi connectivity index (χ1v) is 5.74. The number of carbonyl (C=O) groups excluding carboxylic acids is 1. The Morgan fingerprint density at radius 1 is 1.56 bits per heavy atom. The molecule has 2 heterocycles. The van der Waals surface area contributed by atoms with Crippen LogP contribution in [0.1, 0.15) is 23.0 Å². The van der Waals surface area contributed by atoms with Crippen molar-refractivity contribution >= 4 is 17.7 Å². The molecule has 0 aliphatic carbocycles. The van der Waals surface area contributed by atoms with E-state index in [1.165, 1.54) is 4.68 Å². The minimum atomic E-state index is -1.02. The number of carbonyl (C=O) groups is 2. The molecule has 7 nitrogen and oxygen atoms in total. The summed E-state index contributed by atoms with van der Waals surface area (Å²) in [6.07, 6.45) is 0. The van der Waals surface area contributed by atoms with Gasteiger partial charge in [0.25, 0.3) is 0 Å². The average Bonchev–Trinajstić information content (AvgIpc) is 2.57. The summed E-state index contributed by atoms with van der Waals surface area (Å²) in [5.41, 5.74) is 0.622. The summed E-state index contributed by atoms with van der Waals surface area (Å²) in [5.74, 6) is -0.632. The summed E-state index contributed by atoms with van der Waals surface area (Å²) in [6.45, 7) is 4.49. The van der Waals surface area contributed by atoms with Gasteiger partial charge in [0.05, 0.1) is 5.69 Å². The Morgan fingerprint density at radius 3 is 2.83 bits per heavy atom. The van der Waals surface area contributed by atoms with Gasteiger partial charge in [-0.2, -0.15) is 5.10 Å². The molecule has 2 N–H and O–H groups in total. The van der Waals surface area contributed by atoms with Crippen LogP contribution in [0.3, 0.4) is 0 Å². The second-order valence-electron chi connectivity index (χ2n) is 4.37. The number of aromatic carboxylic acids is 1. The van der Waals surface area contributed by atoms with Crippen LogP contribution >= 0.6 is 0 Å². The van der Waals surface area contributed by atoms with E-state index in [0.717, 1.165) is 0 Å². The van der Waals surface area contributed by atoms with Gasteiger partial charge in [0, 0.05) is 20.1 Å². The summed E-state index contributed by atoms with van der Waals surface area (Å²) in [7, 11) is 1.69. The number of anilines is 1. The molecule has 1 saturated heterocycles. The van der Waals surface area contributed by atoms with E-state index in [1.807, 2.05) is 0 Å². The number of nitrogens with zero attached hydrogens (tertiary/aromatic N) is 3. The van der Waals surface area contributed by atoms with Crippen LogP contribution in [0.2, 0.25) is 0 Å². The monoisotopic (exact) mass is 252 g/mol. The minimum absolute atomic E-state index is 0.101. The highest BCUT2D eigenvalue weighted by atomic mass is 16.4. The fraction of sp³-hybridized carbons (Fsp3) is 0.545. The van der Waals surface area contributed by atoms with Gasteiger partial charge in [-0.05, 0) is 13.8 Å². The Bertz CT molecular complexity index is 509. The number of nitrogens with one attached hydrogen (secondary N) is 1. The number of hydrogen-bond acceptors (Lipinski definition) is 4. The number of hydrogen-bond donors (Lipinski definition) is 2. The van der Waals surface area contributed by atoms with Crippen molar-refractivity contribution in [3.63, 3.8) is 0 Å². The highest BCUT2D eigenvalue weighted by Gasteiger charge is 2.32. The molecule has 98 valence electrons. The molecule has 0 bridgehead atoms. The SMILES string of the molecule is Cc1nn(C)c(N2CCNC(=O)C2C)c1C(=O)O. The lowest BCUT2D eigenvalue weighted by Gasteiger charge is -2.34. The molecule has 2 rings (SSSR count). The summed E-state index contributed by atoms with van der Waals surface area (Å²) in [5, 5.41) is 16.1. The van der Waals surface area contributed by atoms with Gasteiger partial charge in [-0.25, -0.2) is 4.79 Å². The van der Waals surface area contributed by atoms with E-state index in [4.69, 9.17) is 0 Å². The molecule has 1 aromatic heterocycles. The lowest BCUT2D eigenvalue weighted by molar-refractivity contribution is -0.122. The second kappa shape index (κ2) is 4.32. The molecule has 7 heteroatoms. The van der Waals surface area contributed by atoms with Gasteiger partial charge >= 0.3 is 5.97 Å². The molecule has 0 saturated carbocycles. The fourth-order valence-electron chi connectivity index (χ4n) is 2.30. The van der Waals surface area contributed by atoms with Crippen LogP contribution in [0, 0.1) is 6.92 Å². The van der Waals surface area contributed by atoms with E-state index in [1.54, 1.807) is 25.8 Å². The minimum Gasteiger partial charge on any atom is -0.477 e. The predicted molar refractivity (Wildman–Crippen MR) is 64.7 cm³/mol.